The van der Waals surface area contributed by atoms with Crippen LogP contribution in [0.2, 0.25) is 0 Å². The normalized spacial score (nSPS) is 10.5. The van der Waals surface area contributed by atoms with E-state index >= 15 is 0 Å². The molecule has 2 N–H and O–H groups in total. The Morgan fingerprint density at radius 2 is 1.60 bits per heavy atom. The number of benzene rings is 1. The predicted molar refractivity (Wildman–Crippen MR) is 62.2 cm³/mol. The molecule has 0 aliphatic carbocycles. The summed E-state index contributed by atoms with van der Waals surface area (Å²) < 4.78 is 0. The van der Waals surface area contributed by atoms with Gasteiger partial charge in [-0.2, -0.15) is 0 Å². The molecule has 0 bridgehead atoms. The summed E-state index contributed by atoms with van der Waals surface area (Å²) in [5.74, 6) is 4.95. The highest BCUT2D eigenvalue weighted by Gasteiger charge is 2.12. The van der Waals surface area contributed by atoms with Crippen molar-refractivity contribution in [2.24, 2.45) is 0 Å². The van der Waals surface area contributed by atoms with E-state index in [0.717, 1.165) is 5.56 Å². The molecule has 2 nitrogen and oxygen atoms in total. The molecular weight excluding hydrogens is 187 g/mol. The van der Waals surface area contributed by atoms with Gasteiger partial charge in [-0.15, -0.1) is 0 Å². The van der Waals surface area contributed by atoms with Crippen molar-refractivity contribution in [1.29, 1.82) is 0 Å². The Morgan fingerprint density at radius 1 is 1.07 bits per heavy atom. The summed E-state index contributed by atoms with van der Waals surface area (Å²) in [5.41, 5.74) is 2.15. The highest BCUT2D eigenvalue weighted by atomic mass is 16.4. The summed E-state index contributed by atoms with van der Waals surface area (Å²) in [5, 5.41) is 17.2. The molecule has 0 heterocycles. The first-order chi connectivity index (χ1) is 6.89. The lowest BCUT2D eigenvalue weighted by molar-refractivity contribution is 0.427. The second-order valence-electron chi connectivity index (χ2n) is 4.47. The van der Waals surface area contributed by atoms with Crippen LogP contribution in [0, 0.1) is 11.7 Å². The molecule has 1 aromatic carbocycles. The Balaban J connectivity index is 2.88. The van der Waals surface area contributed by atoms with E-state index < -0.39 is 7.12 Å². The first-order valence-corrected chi connectivity index (χ1v) is 4.88. The SMILES string of the molecule is CC(C)(C)c1ccc(C#CB(O)O)cc1. The zero-order valence-electron chi connectivity index (χ0n) is 9.28. The average molecular weight is 202 g/mol. The van der Waals surface area contributed by atoms with E-state index in [-0.39, 0.29) is 5.41 Å². The molecule has 78 valence electrons. The van der Waals surface area contributed by atoms with Crippen LogP contribution < -0.4 is 0 Å². The van der Waals surface area contributed by atoms with Gasteiger partial charge in [-0.25, -0.2) is 0 Å². The minimum absolute atomic E-state index is 0.127. The van der Waals surface area contributed by atoms with Gasteiger partial charge in [0.1, 0.15) is 0 Å². The molecule has 0 amide bonds. The van der Waals surface area contributed by atoms with Gasteiger partial charge in [-0.1, -0.05) is 44.6 Å². The van der Waals surface area contributed by atoms with E-state index in [1.54, 1.807) is 0 Å². The summed E-state index contributed by atoms with van der Waals surface area (Å²) >= 11 is 0. The fourth-order valence-corrected chi connectivity index (χ4v) is 1.20. The van der Waals surface area contributed by atoms with Crippen LogP contribution >= 0.6 is 0 Å². The summed E-state index contributed by atoms with van der Waals surface area (Å²) in [7, 11) is -1.56. The summed E-state index contributed by atoms with van der Waals surface area (Å²) in [6.07, 6.45) is 0. The Kier molecular flexibility index (Phi) is 3.57. The van der Waals surface area contributed by atoms with E-state index in [9.17, 15) is 0 Å². The molecule has 0 fully saturated rings. The van der Waals surface area contributed by atoms with Gasteiger partial charge in [0.2, 0.25) is 0 Å². The maximum absolute atomic E-state index is 8.58. The van der Waals surface area contributed by atoms with Crippen molar-refractivity contribution < 1.29 is 10.0 Å². The third-order valence-corrected chi connectivity index (χ3v) is 2.10. The van der Waals surface area contributed by atoms with Crippen LogP contribution in [-0.4, -0.2) is 17.2 Å². The van der Waals surface area contributed by atoms with Crippen molar-refractivity contribution in [1.82, 2.24) is 0 Å². The summed E-state index contributed by atoms with van der Waals surface area (Å²) in [6.45, 7) is 6.43. The summed E-state index contributed by atoms with van der Waals surface area (Å²) in [6, 6.07) is 7.79. The number of hydrogen-bond acceptors (Lipinski definition) is 2. The number of hydrogen-bond donors (Lipinski definition) is 2. The Bertz CT molecular complexity index is 377. The smallest absolute Gasteiger partial charge is 0.416 e. The van der Waals surface area contributed by atoms with Gasteiger partial charge in [0.15, 0.2) is 0 Å². The molecule has 0 aliphatic rings. The lowest BCUT2D eigenvalue weighted by atomic mass is 9.86. The van der Waals surface area contributed by atoms with Crippen molar-refractivity contribution in [3.8, 4) is 11.7 Å². The van der Waals surface area contributed by atoms with Crippen LogP contribution in [0.1, 0.15) is 31.9 Å². The van der Waals surface area contributed by atoms with Gasteiger partial charge in [-0.05, 0) is 23.1 Å². The van der Waals surface area contributed by atoms with Gasteiger partial charge < -0.3 is 10.0 Å². The van der Waals surface area contributed by atoms with Gasteiger partial charge in [0.25, 0.3) is 0 Å². The van der Waals surface area contributed by atoms with Gasteiger partial charge in [0.05, 0.1) is 0 Å². The fraction of sp³-hybridized carbons (Fsp3) is 0.333. The van der Waals surface area contributed by atoms with Gasteiger partial charge in [0, 0.05) is 5.56 Å². The third-order valence-electron chi connectivity index (χ3n) is 2.10. The molecule has 1 aromatic rings. The van der Waals surface area contributed by atoms with Crippen LogP contribution in [0.25, 0.3) is 0 Å². The zero-order valence-corrected chi connectivity index (χ0v) is 9.28. The Morgan fingerprint density at radius 3 is 2.00 bits per heavy atom. The molecule has 0 aliphatic heterocycles. The molecule has 3 heteroatoms. The topological polar surface area (TPSA) is 40.5 Å². The number of rotatable bonds is 0. The molecule has 0 aromatic heterocycles. The molecular formula is C12H15BO2. The molecule has 0 radical (unpaired) electrons. The van der Waals surface area contributed by atoms with Crippen molar-refractivity contribution in [2.45, 2.75) is 26.2 Å². The van der Waals surface area contributed by atoms with E-state index in [4.69, 9.17) is 10.0 Å². The molecule has 0 saturated heterocycles. The van der Waals surface area contributed by atoms with Crippen LogP contribution in [0.4, 0.5) is 0 Å². The van der Waals surface area contributed by atoms with Crippen molar-refractivity contribution >= 4 is 7.12 Å². The zero-order chi connectivity index (χ0) is 11.5. The molecule has 0 saturated carbocycles. The van der Waals surface area contributed by atoms with Crippen LogP contribution in [0.3, 0.4) is 0 Å². The average Bonchev–Trinajstić information content (AvgIpc) is 2.14. The lowest BCUT2D eigenvalue weighted by Gasteiger charge is -2.18. The fourth-order valence-electron chi connectivity index (χ4n) is 1.20. The van der Waals surface area contributed by atoms with E-state index in [0.29, 0.717) is 0 Å². The standard InChI is InChI=1S/C12H15BO2/c1-12(2,3)11-6-4-10(5-7-11)8-9-13(14)15/h4-7,14-15H,1-3H3. The van der Waals surface area contributed by atoms with Crippen LogP contribution in [-0.2, 0) is 5.41 Å². The van der Waals surface area contributed by atoms with Gasteiger partial charge in [-0.3, -0.25) is 0 Å². The molecule has 15 heavy (non-hydrogen) atoms. The lowest BCUT2D eigenvalue weighted by Crippen LogP contribution is -2.10. The molecule has 0 unspecified atom stereocenters. The monoisotopic (exact) mass is 202 g/mol. The van der Waals surface area contributed by atoms with Crippen molar-refractivity contribution in [3.05, 3.63) is 35.4 Å². The second kappa shape index (κ2) is 4.52. The predicted octanol–water partition coefficient (Wildman–Crippen LogP) is 1.35. The minimum Gasteiger partial charge on any atom is -0.416 e. The maximum Gasteiger partial charge on any atom is 0.545 e. The van der Waals surface area contributed by atoms with Gasteiger partial charge >= 0.3 is 7.12 Å². The van der Waals surface area contributed by atoms with Crippen molar-refractivity contribution in [3.63, 3.8) is 0 Å². The highest BCUT2D eigenvalue weighted by Crippen LogP contribution is 2.21. The molecule has 0 atom stereocenters. The second-order valence-corrected chi connectivity index (χ2v) is 4.47. The summed E-state index contributed by atoms with van der Waals surface area (Å²) in [4.78, 5) is 0. The maximum atomic E-state index is 8.58. The Hall–Kier alpha value is -1.24. The van der Waals surface area contributed by atoms with E-state index in [1.807, 2.05) is 24.3 Å². The molecule has 1 rings (SSSR count). The highest BCUT2D eigenvalue weighted by molar-refractivity contribution is 6.51. The van der Waals surface area contributed by atoms with Crippen LogP contribution in [0.5, 0.6) is 0 Å². The van der Waals surface area contributed by atoms with E-state index in [1.165, 1.54) is 5.56 Å². The first-order valence-electron chi connectivity index (χ1n) is 4.88. The quantitative estimate of drug-likeness (QED) is 0.492. The minimum atomic E-state index is -1.56. The van der Waals surface area contributed by atoms with Crippen molar-refractivity contribution in [2.75, 3.05) is 0 Å². The third kappa shape index (κ3) is 3.79. The molecule has 0 spiro atoms. The largest absolute Gasteiger partial charge is 0.545 e. The first kappa shape index (κ1) is 11.8. The van der Waals surface area contributed by atoms with E-state index in [2.05, 4.69) is 32.5 Å². The Labute approximate surface area is 91.1 Å². The van der Waals surface area contributed by atoms with Crippen LogP contribution in [0.15, 0.2) is 24.3 Å².